The summed E-state index contributed by atoms with van der Waals surface area (Å²) in [5.41, 5.74) is 5.64. The van der Waals surface area contributed by atoms with Crippen LogP contribution in [-0.4, -0.2) is 30.6 Å². The highest BCUT2D eigenvalue weighted by Gasteiger charge is 2.48. The van der Waals surface area contributed by atoms with Crippen molar-refractivity contribution in [3.8, 4) is 11.1 Å². The maximum absolute atomic E-state index is 4.66. The third-order valence-corrected chi connectivity index (χ3v) is 6.30. The summed E-state index contributed by atoms with van der Waals surface area (Å²) < 4.78 is 1.91. The number of benzene rings is 1. The molecule has 2 saturated carbocycles. The molecule has 1 N–H and O–H groups in total. The summed E-state index contributed by atoms with van der Waals surface area (Å²) in [6.07, 6.45) is 14.1. The van der Waals surface area contributed by atoms with Gasteiger partial charge in [0.15, 0.2) is 0 Å². The molecular formula is C21H20N6. The first-order chi connectivity index (χ1) is 13.3. The normalized spacial score (nSPS) is 18.5. The largest absolute Gasteiger partial charge is 0.350 e. The lowest BCUT2D eigenvalue weighted by Crippen LogP contribution is -2.49. The van der Waals surface area contributed by atoms with Gasteiger partial charge in [-0.3, -0.25) is 9.97 Å². The molecule has 0 radical (unpaired) electrons. The van der Waals surface area contributed by atoms with Crippen molar-refractivity contribution < 1.29 is 0 Å². The van der Waals surface area contributed by atoms with Crippen molar-refractivity contribution in [2.45, 2.75) is 38.1 Å². The molecule has 3 heterocycles. The predicted molar refractivity (Wildman–Crippen MR) is 104 cm³/mol. The monoisotopic (exact) mass is 356 g/mol. The molecule has 0 unspecified atom stereocenters. The van der Waals surface area contributed by atoms with Gasteiger partial charge in [0.05, 0.1) is 22.7 Å². The van der Waals surface area contributed by atoms with Crippen LogP contribution in [0.15, 0.2) is 49.1 Å². The summed E-state index contributed by atoms with van der Waals surface area (Å²) in [5, 5.41) is 8.17. The average Bonchev–Trinajstić information content (AvgIpc) is 3.05. The minimum atomic E-state index is 0.525. The van der Waals surface area contributed by atoms with Crippen molar-refractivity contribution in [2.24, 2.45) is 5.41 Å². The number of rotatable bonds is 3. The Morgan fingerprint density at radius 2 is 1.85 bits per heavy atom. The first kappa shape index (κ1) is 15.1. The maximum Gasteiger partial charge on any atom is 0.241 e. The first-order valence-corrected chi connectivity index (χ1v) is 9.60. The first-order valence-electron chi connectivity index (χ1n) is 9.60. The smallest absolute Gasteiger partial charge is 0.241 e. The highest BCUT2D eigenvalue weighted by Crippen LogP contribution is 2.56. The lowest BCUT2D eigenvalue weighted by Gasteiger charge is -2.54. The quantitative estimate of drug-likeness (QED) is 0.599. The molecule has 3 aromatic heterocycles. The molecule has 0 bridgehead atoms. The van der Waals surface area contributed by atoms with Gasteiger partial charge in [0, 0.05) is 30.2 Å². The third kappa shape index (κ3) is 2.40. The number of aromatic nitrogens is 5. The molecule has 6 rings (SSSR count). The molecule has 2 fully saturated rings. The van der Waals surface area contributed by atoms with Gasteiger partial charge < -0.3 is 5.32 Å². The van der Waals surface area contributed by atoms with Gasteiger partial charge in [-0.1, -0.05) is 12.5 Å². The molecule has 1 aromatic carbocycles. The SMILES string of the molecule is c1cnc2cc(-c3ccn4nc(NC5CC6(CCC6)C5)ncc34)ccc2n1. The lowest BCUT2D eigenvalue weighted by molar-refractivity contribution is 0.0189. The van der Waals surface area contributed by atoms with Crippen LogP contribution in [-0.2, 0) is 0 Å². The van der Waals surface area contributed by atoms with Gasteiger partial charge in [-0.25, -0.2) is 9.50 Å². The molecular weight excluding hydrogens is 336 g/mol. The van der Waals surface area contributed by atoms with Crippen LogP contribution in [0.2, 0.25) is 0 Å². The Bertz CT molecular complexity index is 1150. The second-order valence-electron chi connectivity index (χ2n) is 8.00. The molecule has 4 aromatic rings. The number of anilines is 1. The van der Waals surface area contributed by atoms with E-state index in [1.54, 1.807) is 12.4 Å². The van der Waals surface area contributed by atoms with Crippen LogP contribution in [0.25, 0.3) is 27.7 Å². The van der Waals surface area contributed by atoms with E-state index >= 15 is 0 Å². The van der Waals surface area contributed by atoms with E-state index in [-0.39, 0.29) is 0 Å². The molecule has 0 aliphatic heterocycles. The highest BCUT2D eigenvalue weighted by atomic mass is 15.3. The van der Waals surface area contributed by atoms with E-state index in [4.69, 9.17) is 0 Å². The van der Waals surface area contributed by atoms with E-state index < -0.39 is 0 Å². The number of fused-ring (bicyclic) bond motifs is 2. The van der Waals surface area contributed by atoms with Gasteiger partial charge in [-0.15, -0.1) is 5.10 Å². The fraction of sp³-hybridized carbons (Fsp3) is 0.333. The Morgan fingerprint density at radius 1 is 1.00 bits per heavy atom. The summed E-state index contributed by atoms with van der Waals surface area (Å²) in [5.74, 6) is 0.716. The molecule has 0 saturated heterocycles. The molecule has 27 heavy (non-hydrogen) atoms. The van der Waals surface area contributed by atoms with Crippen LogP contribution in [0.3, 0.4) is 0 Å². The van der Waals surface area contributed by atoms with E-state index in [2.05, 4.69) is 43.6 Å². The number of nitrogens with one attached hydrogen (secondary N) is 1. The summed E-state index contributed by atoms with van der Waals surface area (Å²) in [6, 6.07) is 8.75. The molecule has 2 aliphatic rings. The minimum absolute atomic E-state index is 0.525. The Morgan fingerprint density at radius 3 is 2.67 bits per heavy atom. The van der Waals surface area contributed by atoms with Crippen molar-refractivity contribution in [3.05, 3.63) is 49.1 Å². The Hall–Kier alpha value is -3.02. The summed E-state index contributed by atoms with van der Waals surface area (Å²) in [6.45, 7) is 0. The van der Waals surface area contributed by atoms with Crippen molar-refractivity contribution >= 4 is 22.5 Å². The fourth-order valence-electron chi connectivity index (χ4n) is 4.70. The molecule has 1 spiro atoms. The van der Waals surface area contributed by atoms with E-state index in [1.165, 1.54) is 32.1 Å². The van der Waals surface area contributed by atoms with Gasteiger partial charge in [0.25, 0.3) is 0 Å². The molecule has 0 atom stereocenters. The molecule has 134 valence electrons. The zero-order valence-electron chi connectivity index (χ0n) is 15.0. The van der Waals surface area contributed by atoms with Gasteiger partial charge >= 0.3 is 0 Å². The number of hydrogen-bond donors (Lipinski definition) is 1. The lowest BCUT2D eigenvalue weighted by atomic mass is 9.54. The van der Waals surface area contributed by atoms with E-state index in [0.717, 1.165) is 27.7 Å². The molecule has 0 amide bonds. The van der Waals surface area contributed by atoms with Crippen molar-refractivity contribution in [1.82, 2.24) is 24.6 Å². The summed E-state index contributed by atoms with van der Waals surface area (Å²) in [4.78, 5) is 13.3. The van der Waals surface area contributed by atoms with Crippen molar-refractivity contribution in [1.29, 1.82) is 0 Å². The van der Waals surface area contributed by atoms with E-state index in [1.807, 2.05) is 23.0 Å². The number of hydrogen-bond acceptors (Lipinski definition) is 5. The summed E-state index contributed by atoms with van der Waals surface area (Å²) in [7, 11) is 0. The van der Waals surface area contributed by atoms with E-state index in [9.17, 15) is 0 Å². The second-order valence-corrected chi connectivity index (χ2v) is 8.00. The minimum Gasteiger partial charge on any atom is -0.350 e. The Kier molecular flexibility index (Phi) is 3.06. The average molecular weight is 356 g/mol. The maximum atomic E-state index is 4.66. The number of nitrogens with zero attached hydrogens (tertiary/aromatic N) is 5. The zero-order chi connectivity index (χ0) is 17.8. The Balaban J connectivity index is 1.29. The van der Waals surface area contributed by atoms with Crippen LogP contribution in [0.1, 0.15) is 32.1 Å². The second kappa shape index (κ2) is 5.49. The fourth-order valence-corrected chi connectivity index (χ4v) is 4.70. The van der Waals surface area contributed by atoms with Crippen LogP contribution < -0.4 is 5.32 Å². The van der Waals surface area contributed by atoms with Gasteiger partial charge in [-0.2, -0.15) is 0 Å². The van der Waals surface area contributed by atoms with Crippen LogP contribution in [0, 0.1) is 5.41 Å². The van der Waals surface area contributed by atoms with Crippen LogP contribution in [0.5, 0.6) is 0 Å². The van der Waals surface area contributed by atoms with Crippen molar-refractivity contribution in [2.75, 3.05) is 5.32 Å². The highest BCUT2D eigenvalue weighted by molar-refractivity contribution is 5.86. The topological polar surface area (TPSA) is 68.0 Å². The van der Waals surface area contributed by atoms with E-state index in [0.29, 0.717) is 17.4 Å². The zero-order valence-corrected chi connectivity index (χ0v) is 15.0. The van der Waals surface area contributed by atoms with Crippen LogP contribution in [0.4, 0.5) is 5.95 Å². The van der Waals surface area contributed by atoms with Crippen LogP contribution >= 0.6 is 0 Å². The Labute approximate surface area is 156 Å². The predicted octanol–water partition coefficient (Wildman–Crippen LogP) is 4.08. The third-order valence-electron chi connectivity index (χ3n) is 6.30. The van der Waals surface area contributed by atoms with Gasteiger partial charge in [0.2, 0.25) is 5.95 Å². The van der Waals surface area contributed by atoms with Gasteiger partial charge in [-0.05, 0) is 54.9 Å². The van der Waals surface area contributed by atoms with Gasteiger partial charge in [0.1, 0.15) is 0 Å². The molecule has 6 nitrogen and oxygen atoms in total. The standard InChI is InChI=1S/C21H20N6/c1-5-21(6-1)11-15(12-21)25-20-24-13-19-16(4-9-27(19)26-20)14-2-3-17-18(10-14)23-8-7-22-17/h2-4,7-10,13,15H,1,5-6,11-12H2,(H,25,26). The summed E-state index contributed by atoms with van der Waals surface area (Å²) >= 11 is 0. The molecule has 2 aliphatic carbocycles. The molecule has 6 heteroatoms. The van der Waals surface area contributed by atoms with Crippen molar-refractivity contribution in [3.63, 3.8) is 0 Å².